The van der Waals surface area contributed by atoms with Crippen LogP contribution < -0.4 is 10.1 Å². The minimum Gasteiger partial charge on any atom is -0.481 e. The molecule has 0 aliphatic heterocycles. The average molecular weight is 419 g/mol. The fourth-order valence-electron chi connectivity index (χ4n) is 1.70. The van der Waals surface area contributed by atoms with Crippen LogP contribution in [0.1, 0.15) is 10.4 Å². The van der Waals surface area contributed by atoms with Crippen LogP contribution >= 0.6 is 39.1 Å². The molecule has 0 bridgehead atoms. The van der Waals surface area contributed by atoms with E-state index in [1.54, 1.807) is 6.07 Å². The van der Waals surface area contributed by atoms with Gasteiger partial charge in [0.15, 0.2) is 12.4 Å². The molecule has 0 spiro atoms. The molecule has 0 saturated heterocycles. The molecule has 2 rings (SSSR count). The lowest BCUT2D eigenvalue weighted by molar-refractivity contribution is -0.118. The maximum atomic E-state index is 11.9. The van der Waals surface area contributed by atoms with Crippen LogP contribution in [0.3, 0.4) is 0 Å². The highest BCUT2D eigenvalue weighted by atomic mass is 79.9. The third-order valence-corrected chi connectivity index (χ3v) is 3.81. The number of carbonyl (C=O) groups is 2. The number of hydrogen-bond acceptors (Lipinski definition) is 3. The topological polar surface area (TPSA) is 75.6 Å². The fourth-order valence-corrected chi connectivity index (χ4v) is 3.07. The van der Waals surface area contributed by atoms with Gasteiger partial charge in [-0.15, -0.1) is 0 Å². The van der Waals surface area contributed by atoms with Crippen molar-refractivity contribution in [2.45, 2.75) is 0 Å². The number of carbonyl (C=O) groups excluding carboxylic acids is 1. The number of anilines is 1. The van der Waals surface area contributed by atoms with Gasteiger partial charge in [0.2, 0.25) is 0 Å². The van der Waals surface area contributed by atoms with E-state index < -0.39 is 11.9 Å². The number of carboxylic acid groups (broad SMARTS) is 1. The van der Waals surface area contributed by atoms with Crippen molar-refractivity contribution in [2.24, 2.45) is 0 Å². The minimum absolute atomic E-state index is 0.135. The number of amides is 1. The van der Waals surface area contributed by atoms with Crippen LogP contribution in [-0.4, -0.2) is 23.6 Å². The summed E-state index contributed by atoms with van der Waals surface area (Å²) in [6.45, 7) is -0.263. The lowest BCUT2D eigenvalue weighted by Gasteiger charge is -2.11. The Morgan fingerprint density at radius 2 is 1.83 bits per heavy atom. The molecule has 2 aromatic carbocycles. The van der Waals surface area contributed by atoms with Crippen LogP contribution in [0.2, 0.25) is 10.0 Å². The standard InChI is InChI=1S/C15H10BrCl2NO4/c16-11-5-9(17)6-12(18)14(11)23-7-13(20)19-10-3-1-8(2-4-10)15(21)22/h1-6H,7H2,(H,19,20)(H,21,22). The summed E-state index contributed by atoms with van der Waals surface area (Å²) in [5.74, 6) is -1.13. The quantitative estimate of drug-likeness (QED) is 0.750. The van der Waals surface area contributed by atoms with Gasteiger partial charge in [0.25, 0.3) is 5.91 Å². The van der Waals surface area contributed by atoms with E-state index in [1.165, 1.54) is 30.3 Å². The second-order valence-corrected chi connectivity index (χ2v) is 6.12. The first-order valence-corrected chi connectivity index (χ1v) is 7.82. The van der Waals surface area contributed by atoms with E-state index in [1.807, 2.05) is 0 Å². The lowest BCUT2D eigenvalue weighted by atomic mass is 10.2. The fraction of sp³-hybridized carbons (Fsp3) is 0.0667. The zero-order chi connectivity index (χ0) is 17.0. The van der Waals surface area contributed by atoms with Crippen LogP contribution in [0, 0.1) is 0 Å². The summed E-state index contributed by atoms with van der Waals surface area (Å²) in [6.07, 6.45) is 0. The Bertz CT molecular complexity index is 727. The van der Waals surface area contributed by atoms with E-state index in [0.29, 0.717) is 20.9 Å². The average Bonchev–Trinajstić information content (AvgIpc) is 2.46. The SMILES string of the molecule is O=C(COc1c(Cl)cc(Cl)cc1Br)Nc1ccc(C(=O)O)cc1. The zero-order valence-corrected chi connectivity index (χ0v) is 14.6. The number of ether oxygens (including phenoxy) is 1. The molecule has 0 atom stereocenters. The summed E-state index contributed by atoms with van der Waals surface area (Å²) < 4.78 is 5.91. The molecule has 0 aliphatic rings. The van der Waals surface area contributed by atoms with Gasteiger partial charge >= 0.3 is 5.97 Å². The van der Waals surface area contributed by atoms with E-state index in [4.69, 9.17) is 33.0 Å². The highest BCUT2D eigenvalue weighted by Crippen LogP contribution is 2.35. The predicted octanol–water partition coefficient (Wildman–Crippen LogP) is 4.47. The largest absolute Gasteiger partial charge is 0.481 e. The molecular formula is C15H10BrCl2NO4. The first-order valence-electron chi connectivity index (χ1n) is 6.27. The van der Waals surface area contributed by atoms with Crippen molar-refractivity contribution in [1.82, 2.24) is 0 Å². The molecule has 0 saturated carbocycles. The molecular weight excluding hydrogens is 409 g/mol. The van der Waals surface area contributed by atoms with Crippen molar-refractivity contribution < 1.29 is 19.4 Å². The Hall–Kier alpha value is -1.76. The van der Waals surface area contributed by atoms with Gasteiger partial charge in [0.1, 0.15) is 0 Å². The van der Waals surface area contributed by atoms with E-state index in [2.05, 4.69) is 21.2 Å². The third-order valence-electron chi connectivity index (χ3n) is 2.73. The van der Waals surface area contributed by atoms with Crippen LogP contribution in [0.5, 0.6) is 5.75 Å². The predicted molar refractivity (Wildman–Crippen MR) is 91.7 cm³/mol. The third kappa shape index (κ3) is 4.86. The van der Waals surface area contributed by atoms with Crippen molar-refractivity contribution in [2.75, 3.05) is 11.9 Å². The van der Waals surface area contributed by atoms with Crippen molar-refractivity contribution in [3.05, 3.63) is 56.5 Å². The van der Waals surface area contributed by atoms with Crippen molar-refractivity contribution >= 4 is 56.7 Å². The van der Waals surface area contributed by atoms with Gasteiger partial charge in [0, 0.05) is 10.7 Å². The van der Waals surface area contributed by atoms with Gasteiger partial charge in [-0.25, -0.2) is 4.79 Å². The molecule has 1 amide bonds. The second kappa shape index (κ2) is 7.68. The minimum atomic E-state index is -1.03. The number of benzene rings is 2. The number of hydrogen-bond donors (Lipinski definition) is 2. The Kier molecular flexibility index (Phi) is 5.87. The van der Waals surface area contributed by atoms with Gasteiger partial charge < -0.3 is 15.2 Å². The maximum Gasteiger partial charge on any atom is 0.335 e. The highest BCUT2D eigenvalue weighted by Gasteiger charge is 2.11. The Balaban J connectivity index is 1.96. The van der Waals surface area contributed by atoms with E-state index in [0.717, 1.165) is 0 Å². The number of carboxylic acids is 1. The molecule has 0 aromatic heterocycles. The summed E-state index contributed by atoms with van der Waals surface area (Å²) in [4.78, 5) is 22.6. The summed E-state index contributed by atoms with van der Waals surface area (Å²) in [5.41, 5.74) is 0.598. The van der Waals surface area contributed by atoms with Gasteiger partial charge in [0.05, 0.1) is 15.1 Å². The Morgan fingerprint density at radius 1 is 1.17 bits per heavy atom. The summed E-state index contributed by atoms with van der Waals surface area (Å²) in [6, 6.07) is 8.88. The monoisotopic (exact) mass is 417 g/mol. The Labute approximate surface area is 150 Å². The molecule has 0 radical (unpaired) electrons. The number of aromatic carboxylic acids is 1. The summed E-state index contributed by atoms with van der Waals surface area (Å²) >= 11 is 15.1. The van der Waals surface area contributed by atoms with Crippen molar-refractivity contribution in [3.63, 3.8) is 0 Å². The molecule has 0 heterocycles. The van der Waals surface area contributed by atoms with Crippen molar-refractivity contribution in [1.29, 1.82) is 0 Å². The van der Waals surface area contributed by atoms with Gasteiger partial charge in [-0.2, -0.15) is 0 Å². The molecule has 5 nitrogen and oxygen atoms in total. The first-order chi connectivity index (χ1) is 10.9. The number of halogens is 3. The van der Waals surface area contributed by atoms with Crippen molar-refractivity contribution in [3.8, 4) is 5.75 Å². The van der Waals surface area contributed by atoms with Gasteiger partial charge in [-0.1, -0.05) is 23.2 Å². The molecule has 120 valence electrons. The molecule has 2 N–H and O–H groups in total. The Morgan fingerprint density at radius 3 is 2.39 bits per heavy atom. The molecule has 0 fully saturated rings. The van der Waals surface area contributed by atoms with Gasteiger partial charge in [-0.05, 0) is 52.3 Å². The molecule has 23 heavy (non-hydrogen) atoms. The molecule has 8 heteroatoms. The summed E-state index contributed by atoms with van der Waals surface area (Å²) in [7, 11) is 0. The van der Waals surface area contributed by atoms with Crippen LogP contribution in [0.4, 0.5) is 5.69 Å². The molecule has 0 unspecified atom stereocenters. The molecule has 0 aliphatic carbocycles. The van der Waals surface area contributed by atoms with E-state index in [-0.39, 0.29) is 17.2 Å². The smallest absolute Gasteiger partial charge is 0.335 e. The number of rotatable bonds is 5. The summed E-state index contributed by atoms with van der Waals surface area (Å²) in [5, 5.41) is 12.1. The second-order valence-electron chi connectivity index (χ2n) is 4.42. The van der Waals surface area contributed by atoms with Crippen LogP contribution in [-0.2, 0) is 4.79 Å². The van der Waals surface area contributed by atoms with E-state index >= 15 is 0 Å². The van der Waals surface area contributed by atoms with Gasteiger partial charge in [-0.3, -0.25) is 4.79 Å². The maximum absolute atomic E-state index is 11.9. The van der Waals surface area contributed by atoms with Crippen LogP contribution in [0.25, 0.3) is 0 Å². The van der Waals surface area contributed by atoms with Crippen LogP contribution in [0.15, 0.2) is 40.9 Å². The van der Waals surface area contributed by atoms with E-state index in [9.17, 15) is 9.59 Å². The highest BCUT2D eigenvalue weighted by molar-refractivity contribution is 9.10. The molecule has 2 aromatic rings. The zero-order valence-electron chi connectivity index (χ0n) is 11.5. The normalized spacial score (nSPS) is 10.2. The first kappa shape index (κ1) is 17.6. The lowest BCUT2D eigenvalue weighted by Crippen LogP contribution is -2.20. The number of nitrogens with one attached hydrogen (secondary N) is 1.